The molecular formula is C16H14O4. The average Bonchev–Trinajstić information content (AvgIpc) is 2.46. The number of carboxylic acids is 1. The molecule has 0 fully saturated rings. The number of benzene rings is 2. The summed E-state index contributed by atoms with van der Waals surface area (Å²) >= 11 is 0. The van der Waals surface area contributed by atoms with E-state index in [-0.39, 0.29) is 11.1 Å². The SMILES string of the molecule is Cc1cccc(C(=O)C(O)c2ccccc2)c1C(=O)O. The van der Waals surface area contributed by atoms with E-state index in [0.29, 0.717) is 11.1 Å². The fourth-order valence-electron chi connectivity index (χ4n) is 2.09. The first kappa shape index (κ1) is 14.0. The number of Topliss-reactive ketones (excluding diaryl/α,β-unsaturated/α-hetero) is 1. The van der Waals surface area contributed by atoms with Gasteiger partial charge in [-0.2, -0.15) is 0 Å². The average molecular weight is 270 g/mol. The minimum absolute atomic E-state index is 0.0221. The molecule has 2 aromatic carbocycles. The highest BCUT2D eigenvalue weighted by atomic mass is 16.4. The third-order valence-corrected chi connectivity index (χ3v) is 3.12. The van der Waals surface area contributed by atoms with Crippen LogP contribution in [-0.4, -0.2) is 22.0 Å². The predicted molar refractivity (Wildman–Crippen MR) is 73.9 cm³/mol. The molecule has 0 saturated heterocycles. The maximum absolute atomic E-state index is 12.3. The van der Waals surface area contributed by atoms with Gasteiger partial charge in [0.05, 0.1) is 5.56 Å². The van der Waals surface area contributed by atoms with Gasteiger partial charge in [0.2, 0.25) is 0 Å². The highest BCUT2D eigenvalue weighted by Crippen LogP contribution is 2.22. The van der Waals surface area contributed by atoms with Crippen molar-refractivity contribution >= 4 is 11.8 Å². The summed E-state index contributed by atoms with van der Waals surface area (Å²) in [6, 6.07) is 13.1. The number of hydrogen-bond donors (Lipinski definition) is 2. The van der Waals surface area contributed by atoms with Crippen LogP contribution in [0.2, 0.25) is 0 Å². The Labute approximate surface area is 116 Å². The molecule has 0 radical (unpaired) electrons. The Kier molecular flexibility index (Phi) is 3.96. The van der Waals surface area contributed by atoms with Crippen LogP contribution in [-0.2, 0) is 0 Å². The van der Waals surface area contributed by atoms with Gasteiger partial charge in [0, 0.05) is 5.56 Å². The predicted octanol–water partition coefficient (Wildman–Crippen LogP) is 2.61. The zero-order valence-corrected chi connectivity index (χ0v) is 10.9. The van der Waals surface area contributed by atoms with E-state index in [0.717, 1.165) is 0 Å². The number of carbonyl (C=O) groups is 2. The van der Waals surface area contributed by atoms with Crippen molar-refractivity contribution in [3.63, 3.8) is 0 Å². The largest absolute Gasteiger partial charge is 0.478 e. The van der Waals surface area contributed by atoms with Crippen molar-refractivity contribution in [1.29, 1.82) is 0 Å². The second-order valence-corrected chi connectivity index (χ2v) is 4.48. The number of carbonyl (C=O) groups excluding carboxylic acids is 1. The first-order valence-electron chi connectivity index (χ1n) is 6.12. The Morgan fingerprint density at radius 3 is 2.25 bits per heavy atom. The topological polar surface area (TPSA) is 74.6 Å². The first-order valence-corrected chi connectivity index (χ1v) is 6.12. The van der Waals surface area contributed by atoms with Gasteiger partial charge in [-0.1, -0.05) is 48.5 Å². The molecule has 2 aromatic rings. The number of carboxylic acid groups (broad SMARTS) is 1. The summed E-state index contributed by atoms with van der Waals surface area (Å²) in [6.07, 6.45) is -1.36. The Morgan fingerprint density at radius 2 is 1.65 bits per heavy atom. The van der Waals surface area contributed by atoms with E-state index in [4.69, 9.17) is 0 Å². The van der Waals surface area contributed by atoms with E-state index in [1.54, 1.807) is 49.4 Å². The molecule has 1 unspecified atom stereocenters. The lowest BCUT2D eigenvalue weighted by Crippen LogP contribution is -2.17. The Hall–Kier alpha value is -2.46. The third kappa shape index (κ3) is 2.60. The molecule has 0 bridgehead atoms. The van der Waals surface area contributed by atoms with Crippen LogP contribution >= 0.6 is 0 Å². The zero-order chi connectivity index (χ0) is 14.7. The smallest absolute Gasteiger partial charge is 0.336 e. The van der Waals surface area contributed by atoms with E-state index in [2.05, 4.69) is 0 Å². The number of rotatable bonds is 4. The van der Waals surface area contributed by atoms with Gasteiger partial charge in [-0.05, 0) is 18.1 Å². The Bertz CT molecular complexity index is 647. The van der Waals surface area contributed by atoms with E-state index in [1.807, 2.05) is 0 Å². The normalized spacial score (nSPS) is 11.9. The van der Waals surface area contributed by atoms with Gasteiger partial charge in [0.1, 0.15) is 6.10 Å². The Morgan fingerprint density at radius 1 is 1.00 bits per heavy atom. The van der Waals surface area contributed by atoms with Gasteiger partial charge in [-0.25, -0.2) is 4.79 Å². The van der Waals surface area contributed by atoms with E-state index in [9.17, 15) is 19.8 Å². The molecule has 0 aliphatic carbocycles. The van der Waals surface area contributed by atoms with Crippen molar-refractivity contribution in [2.45, 2.75) is 13.0 Å². The summed E-state index contributed by atoms with van der Waals surface area (Å²) < 4.78 is 0. The van der Waals surface area contributed by atoms with Crippen molar-refractivity contribution in [2.24, 2.45) is 0 Å². The second kappa shape index (κ2) is 5.67. The molecule has 20 heavy (non-hydrogen) atoms. The molecule has 1 atom stereocenters. The monoisotopic (exact) mass is 270 g/mol. The molecule has 0 spiro atoms. The van der Waals surface area contributed by atoms with E-state index in [1.165, 1.54) is 6.07 Å². The maximum atomic E-state index is 12.3. The summed E-state index contributed by atoms with van der Waals surface area (Å²) in [6.45, 7) is 1.62. The molecule has 0 heterocycles. The second-order valence-electron chi connectivity index (χ2n) is 4.48. The standard InChI is InChI=1S/C16H14O4/c1-10-6-5-9-12(13(10)16(19)20)15(18)14(17)11-7-3-2-4-8-11/h2-9,14,17H,1H3,(H,19,20). The lowest BCUT2D eigenvalue weighted by molar-refractivity contribution is 0.0675. The molecular weight excluding hydrogens is 256 g/mol. The van der Waals surface area contributed by atoms with Gasteiger partial charge < -0.3 is 10.2 Å². The number of aryl methyl sites for hydroxylation is 1. The minimum atomic E-state index is -1.36. The van der Waals surface area contributed by atoms with Crippen LogP contribution < -0.4 is 0 Å². The number of hydrogen-bond acceptors (Lipinski definition) is 3. The number of ketones is 1. The highest BCUT2D eigenvalue weighted by Gasteiger charge is 2.24. The lowest BCUT2D eigenvalue weighted by Gasteiger charge is -2.13. The van der Waals surface area contributed by atoms with Crippen molar-refractivity contribution in [1.82, 2.24) is 0 Å². The van der Waals surface area contributed by atoms with Crippen LogP contribution in [0.5, 0.6) is 0 Å². The molecule has 4 nitrogen and oxygen atoms in total. The van der Waals surface area contributed by atoms with Gasteiger partial charge >= 0.3 is 5.97 Å². The van der Waals surface area contributed by atoms with Crippen LogP contribution in [0.25, 0.3) is 0 Å². The van der Waals surface area contributed by atoms with E-state index < -0.39 is 17.9 Å². The van der Waals surface area contributed by atoms with E-state index >= 15 is 0 Å². The van der Waals surface area contributed by atoms with Crippen LogP contribution in [0.3, 0.4) is 0 Å². The number of aromatic carboxylic acids is 1. The van der Waals surface area contributed by atoms with Crippen LogP contribution in [0, 0.1) is 6.92 Å². The third-order valence-electron chi connectivity index (χ3n) is 3.12. The zero-order valence-electron chi connectivity index (χ0n) is 10.9. The summed E-state index contributed by atoms with van der Waals surface area (Å²) in [5, 5.41) is 19.3. The molecule has 0 aliphatic heterocycles. The van der Waals surface area contributed by atoms with Crippen molar-refractivity contribution in [3.05, 3.63) is 70.8 Å². The van der Waals surface area contributed by atoms with Crippen LogP contribution in [0.1, 0.15) is 37.9 Å². The summed E-state index contributed by atoms with van der Waals surface area (Å²) in [4.78, 5) is 23.6. The van der Waals surface area contributed by atoms with Gasteiger partial charge in [0.15, 0.2) is 5.78 Å². The molecule has 2 N–H and O–H groups in total. The molecule has 4 heteroatoms. The van der Waals surface area contributed by atoms with Gasteiger partial charge in [-0.15, -0.1) is 0 Å². The van der Waals surface area contributed by atoms with Crippen molar-refractivity contribution in [3.8, 4) is 0 Å². The fraction of sp³-hybridized carbons (Fsp3) is 0.125. The summed E-state index contributed by atoms with van der Waals surface area (Å²) in [5.74, 6) is -1.79. The number of aliphatic hydroxyl groups is 1. The molecule has 0 aliphatic rings. The highest BCUT2D eigenvalue weighted by molar-refractivity contribution is 6.08. The lowest BCUT2D eigenvalue weighted by atomic mass is 9.94. The van der Waals surface area contributed by atoms with Crippen molar-refractivity contribution < 1.29 is 19.8 Å². The number of aliphatic hydroxyl groups excluding tert-OH is 1. The van der Waals surface area contributed by atoms with Crippen LogP contribution in [0.15, 0.2) is 48.5 Å². The quantitative estimate of drug-likeness (QED) is 0.837. The molecule has 0 saturated carbocycles. The maximum Gasteiger partial charge on any atom is 0.336 e. The fourth-order valence-corrected chi connectivity index (χ4v) is 2.09. The molecule has 2 rings (SSSR count). The molecule has 0 amide bonds. The Balaban J connectivity index is 2.44. The molecule has 102 valence electrons. The molecule has 0 aromatic heterocycles. The first-order chi connectivity index (χ1) is 9.52. The van der Waals surface area contributed by atoms with Crippen LogP contribution in [0.4, 0.5) is 0 Å². The minimum Gasteiger partial charge on any atom is -0.478 e. The van der Waals surface area contributed by atoms with Gasteiger partial charge in [0.25, 0.3) is 0 Å². The summed E-state index contributed by atoms with van der Waals surface area (Å²) in [5.41, 5.74) is 0.889. The van der Waals surface area contributed by atoms with Gasteiger partial charge in [-0.3, -0.25) is 4.79 Å². The summed E-state index contributed by atoms with van der Waals surface area (Å²) in [7, 11) is 0. The van der Waals surface area contributed by atoms with Crippen molar-refractivity contribution in [2.75, 3.05) is 0 Å².